The summed E-state index contributed by atoms with van der Waals surface area (Å²) in [5.41, 5.74) is 5.58. The quantitative estimate of drug-likeness (QED) is 0.890. The Morgan fingerprint density at radius 2 is 2.06 bits per heavy atom. The molecule has 4 nitrogen and oxygen atoms in total. The van der Waals surface area contributed by atoms with Gasteiger partial charge in [0.1, 0.15) is 4.21 Å². The van der Waals surface area contributed by atoms with Crippen LogP contribution in [0.1, 0.15) is 12.8 Å². The molecule has 1 aliphatic rings. The molecule has 8 heteroatoms. The third kappa shape index (κ3) is 3.09. The van der Waals surface area contributed by atoms with Gasteiger partial charge >= 0.3 is 0 Å². The first-order chi connectivity index (χ1) is 6.97. The summed E-state index contributed by atoms with van der Waals surface area (Å²) in [5.74, 6) is 0. The van der Waals surface area contributed by atoms with Crippen molar-refractivity contribution in [2.45, 2.75) is 29.1 Å². The summed E-state index contributed by atoms with van der Waals surface area (Å²) in [6.07, 6.45) is 1.41. The zero-order valence-corrected chi connectivity index (χ0v) is 11.4. The van der Waals surface area contributed by atoms with Crippen LogP contribution in [0, 0.1) is 0 Å². The summed E-state index contributed by atoms with van der Waals surface area (Å²) >= 11 is 6.74. The molecule has 1 saturated carbocycles. The van der Waals surface area contributed by atoms with Crippen molar-refractivity contribution >= 4 is 45.4 Å². The molecule has 16 heavy (non-hydrogen) atoms. The smallest absolute Gasteiger partial charge is 0.250 e. The Hall–Kier alpha value is 0.150. The second kappa shape index (κ2) is 5.20. The molecule has 0 bridgehead atoms. The van der Waals surface area contributed by atoms with E-state index in [1.165, 1.54) is 6.07 Å². The van der Waals surface area contributed by atoms with Gasteiger partial charge in [-0.1, -0.05) is 11.6 Å². The van der Waals surface area contributed by atoms with Crippen molar-refractivity contribution in [3.63, 3.8) is 0 Å². The minimum atomic E-state index is -3.39. The highest BCUT2D eigenvalue weighted by Gasteiger charge is 2.30. The number of hydrogen-bond acceptors (Lipinski definition) is 4. The normalized spacial score (nSPS) is 24.6. The maximum Gasteiger partial charge on any atom is 0.250 e. The predicted octanol–water partition coefficient (Wildman–Crippen LogP) is 1.59. The van der Waals surface area contributed by atoms with Crippen molar-refractivity contribution in [2.75, 3.05) is 0 Å². The lowest BCUT2D eigenvalue weighted by Gasteiger charge is -2.32. The Morgan fingerprint density at radius 1 is 1.44 bits per heavy atom. The van der Waals surface area contributed by atoms with E-state index in [-0.39, 0.29) is 28.7 Å². The fourth-order valence-corrected chi connectivity index (χ4v) is 4.24. The van der Waals surface area contributed by atoms with Crippen LogP contribution in [0.25, 0.3) is 0 Å². The Bertz CT molecular complexity index is 454. The summed E-state index contributed by atoms with van der Waals surface area (Å²) in [6.45, 7) is 0. The molecule has 0 saturated heterocycles. The Labute approximate surface area is 110 Å². The van der Waals surface area contributed by atoms with E-state index >= 15 is 0 Å². The summed E-state index contributed by atoms with van der Waals surface area (Å²) in [4.78, 5) is 0. The molecule has 92 valence electrons. The highest BCUT2D eigenvalue weighted by atomic mass is 35.5. The van der Waals surface area contributed by atoms with Gasteiger partial charge in [-0.25, -0.2) is 13.1 Å². The van der Waals surface area contributed by atoms with Gasteiger partial charge < -0.3 is 5.73 Å². The average molecular weight is 303 g/mol. The first-order valence-corrected chi connectivity index (χ1v) is 7.18. The summed E-state index contributed by atoms with van der Waals surface area (Å²) in [7, 11) is -3.39. The van der Waals surface area contributed by atoms with Crippen LogP contribution in [0.2, 0.25) is 4.34 Å². The van der Waals surface area contributed by atoms with Gasteiger partial charge in [0.25, 0.3) is 0 Å². The molecule has 0 aromatic carbocycles. The highest BCUT2D eigenvalue weighted by molar-refractivity contribution is 7.91. The van der Waals surface area contributed by atoms with E-state index < -0.39 is 10.0 Å². The van der Waals surface area contributed by atoms with E-state index in [0.29, 0.717) is 17.2 Å². The maximum absolute atomic E-state index is 11.8. The van der Waals surface area contributed by atoms with E-state index in [4.69, 9.17) is 17.3 Å². The van der Waals surface area contributed by atoms with Crippen LogP contribution >= 0.6 is 35.3 Å². The molecule has 0 spiro atoms. The van der Waals surface area contributed by atoms with Gasteiger partial charge in [0.05, 0.1) is 4.34 Å². The number of hydrogen-bond donors (Lipinski definition) is 2. The van der Waals surface area contributed by atoms with Gasteiger partial charge in [-0.2, -0.15) is 0 Å². The molecule has 0 aliphatic heterocycles. The van der Waals surface area contributed by atoms with Crippen LogP contribution in [-0.2, 0) is 10.0 Å². The third-order valence-corrected chi connectivity index (χ3v) is 5.55. The van der Waals surface area contributed by atoms with Gasteiger partial charge in [-0.3, -0.25) is 0 Å². The molecule has 3 N–H and O–H groups in total. The number of thiophene rings is 1. The third-order valence-electron chi connectivity index (χ3n) is 2.31. The Morgan fingerprint density at radius 3 is 2.50 bits per heavy atom. The molecule has 1 fully saturated rings. The highest BCUT2D eigenvalue weighted by Crippen LogP contribution is 2.27. The molecule has 0 unspecified atom stereocenters. The Kier molecular flexibility index (Phi) is 4.62. The molecule has 0 atom stereocenters. The average Bonchev–Trinajstić information content (AvgIpc) is 2.49. The minimum absolute atomic E-state index is 0. The molecule has 0 amide bonds. The number of sulfonamides is 1. The molecule has 2 rings (SSSR count). The summed E-state index contributed by atoms with van der Waals surface area (Å²) < 4.78 is 26.8. The van der Waals surface area contributed by atoms with Crippen LogP contribution < -0.4 is 10.5 Å². The molecule has 1 aliphatic carbocycles. The van der Waals surface area contributed by atoms with Crippen molar-refractivity contribution in [1.29, 1.82) is 0 Å². The lowest BCUT2D eigenvalue weighted by Crippen LogP contribution is -2.50. The topological polar surface area (TPSA) is 72.2 Å². The molecule has 0 radical (unpaired) electrons. The zero-order chi connectivity index (χ0) is 11.1. The van der Waals surface area contributed by atoms with E-state index in [9.17, 15) is 8.42 Å². The lowest BCUT2D eigenvalue weighted by molar-refractivity contribution is 0.327. The number of halogens is 2. The fraction of sp³-hybridized carbons (Fsp3) is 0.500. The molecule has 1 aromatic heterocycles. The molecular formula is C8H12Cl2N2O2S2. The zero-order valence-electron chi connectivity index (χ0n) is 8.22. The van der Waals surface area contributed by atoms with E-state index in [1.807, 2.05) is 0 Å². The first-order valence-electron chi connectivity index (χ1n) is 4.50. The molecular weight excluding hydrogens is 291 g/mol. The van der Waals surface area contributed by atoms with Gasteiger partial charge in [-0.05, 0) is 25.0 Å². The van der Waals surface area contributed by atoms with Crippen molar-refractivity contribution < 1.29 is 8.42 Å². The van der Waals surface area contributed by atoms with Crippen LogP contribution in [0.3, 0.4) is 0 Å². The predicted molar refractivity (Wildman–Crippen MR) is 67.9 cm³/mol. The maximum atomic E-state index is 11.8. The van der Waals surface area contributed by atoms with Gasteiger partial charge in [-0.15, -0.1) is 23.7 Å². The van der Waals surface area contributed by atoms with Gasteiger partial charge in [0.15, 0.2) is 0 Å². The monoisotopic (exact) mass is 302 g/mol. The SMILES string of the molecule is Cl.NC1CC(NS(=O)(=O)c2ccc(Cl)s2)C1. The summed E-state index contributed by atoms with van der Waals surface area (Å²) in [5, 5.41) is 0. The number of nitrogens with two attached hydrogens (primary N) is 1. The standard InChI is InChI=1S/C8H11ClN2O2S2.ClH/c9-7-1-2-8(14-7)15(12,13)11-6-3-5(10)4-6;/h1-2,5-6,11H,3-4,10H2;1H. The summed E-state index contributed by atoms with van der Waals surface area (Å²) in [6, 6.07) is 3.19. The second-order valence-electron chi connectivity index (χ2n) is 3.61. The Balaban J connectivity index is 0.00000128. The number of nitrogens with one attached hydrogen (secondary N) is 1. The van der Waals surface area contributed by atoms with E-state index in [2.05, 4.69) is 4.72 Å². The van der Waals surface area contributed by atoms with Crippen LogP contribution in [0.15, 0.2) is 16.3 Å². The first kappa shape index (κ1) is 14.2. The lowest BCUT2D eigenvalue weighted by atomic mass is 9.89. The van der Waals surface area contributed by atoms with E-state index in [0.717, 1.165) is 11.3 Å². The number of rotatable bonds is 3. The van der Waals surface area contributed by atoms with Gasteiger partial charge in [0.2, 0.25) is 10.0 Å². The van der Waals surface area contributed by atoms with Crippen LogP contribution in [0.4, 0.5) is 0 Å². The van der Waals surface area contributed by atoms with Crippen LogP contribution in [0.5, 0.6) is 0 Å². The fourth-order valence-electron chi connectivity index (χ4n) is 1.48. The molecule has 1 aromatic rings. The minimum Gasteiger partial charge on any atom is -0.328 e. The largest absolute Gasteiger partial charge is 0.328 e. The molecule has 1 heterocycles. The second-order valence-corrected chi connectivity index (χ2v) is 7.26. The van der Waals surface area contributed by atoms with Crippen molar-refractivity contribution in [2.24, 2.45) is 5.73 Å². The van der Waals surface area contributed by atoms with Crippen molar-refractivity contribution in [1.82, 2.24) is 4.72 Å². The van der Waals surface area contributed by atoms with Gasteiger partial charge in [0, 0.05) is 12.1 Å². The van der Waals surface area contributed by atoms with E-state index in [1.54, 1.807) is 6.07 Å². The van der Waals surface area contributed by atoms with Crippen LogP contribution in [-0.4, -0.2) is 20.5 Å². The van der Waals surface area contributed by atoms with Crippen molar-refractivity contribution in [3.05, 3.63) is 16.5 Å². The van der Waals surface area contributed by atoms with Crippen molar-refractivity contribution in [3.8, 4) is 0 Å².